The van der Waals surface area contributed by atoms with Crippen LogP contribution in [0.4, 0.5) is 17.5 Å². The second-order valence-electron chi connectivity index (χ2n) is 5.69. The molecule has 9 nitrogen and oxygen atoms in total. The molecule has 0 radical (unpaired) electrons. The van der Waals surface area contributed by atoms with Crippen LogP contribution in [0, 0.1) is 17.0 Å². The van der Waals surface area contributed by atoms with Crippen molar-refractivity contribution in [2.75, 3.05) is 37.4 Å². The van der Waals surface area contributed by atoms with E-state index in [1.54, 1.807) is 0 Å². The zero-order valence-corrected chi connectivity index (χ0v) is 15.4. The highest BCUT2D eigenvalue weighted by Crippen LogP contribution is 2.22. The molecule has 0 aliphatic heterocycles. The zero-order chi connectivity index (χ0) is 19.3. The fraction of sp³-hybridized carbons (Fsp3) is 0.312. The third-order valence-electron chi connectivity index (χ3n) is 3.40. The third kappa shape index (κ3) is 5.03. The summed E-state index contributed by atoms with van der Waals surface area (Å²) in [7, 11) is 3.78. The van der Waals surface area contributed by atoms with E-state index in [4.69, 9.17) is 11.6 Å². The lowest BCUT2D eigenvalue weighted by Gasteiger charge is -2.14. The standard InChI is InChI=1S/C16H19ClN6O3/c1-10-8-14(22(2)3)21-16(20-10)19-7-6-18-15(24)12-5-4-11(23(25)26)9-13(12)17/h4-5,8-9H,6-7H2,1-3H3,(H,18,24)(H,19,20,21). The second-order valence-corrected chi connectivity index (χ2v) is 6.10. The third-order valence-corrected chi connectivity index (χ3v) is 3.71. The molecule has 0 spiro atoms. The quantitative estimate of drug-likeness (QED) is 0.431. The van der Waals surface area contributed by atoms with Crippen molar-refractivity contribution in [3.05, 3.63) is 50.7 Å². The normalized spacial score (nSPS) is 10.3. The maximum Gasteiger partial charge on any atom is 0.270 e. The maximum atomic E-state index is 12.1. The molecule has 0 atom stereocenters. The van der Waals surface area contributed by atoms with E-state index in [-0.39, 0.29) is 16.3 Å². The Hall–Kier alpha value is -2.94. The summed E-state index contributed by atoms with van der Waals surface area (Å²) in [6.07, 6.45) is 0. The predicted octanol–water partition coefficient (Wildman–Crippen LogP) is 2.25. The number of carbonyl (C=O) groups is 1. The molecular formula is C16H19ClN6O3. The molecule has 2 rings (SSSR count). The Morgan fingerprint density at radius 2 is 2.00 bits per heavy atom. The lowest BCUT2D eigenvalue weighted by atomic mass is 10.2. The number of nitro benzene ring substituents is 1. The highest BCUT2D eigenvalue weighted by molar-refractivity contribution is 6.34. The summed E-state index contributed by atoms with van der Waals surface area (Å²) in [4.78, 5) is 32.8. The minimum absolute atomic E-state index is 0.0299. The van der Waals surface area contributed by atoms with Crippen molar-refractivity contribution in [3.8, 4) is 0 Å². The summed E-state index contributed by atoms with van der Waals surface area (Å²) in [5.41, 5.74) is 0.841. The van der Waals surface area contributed by atoms with Gasteiger partial charge in [-0.05, 0) is 13.0 Å². The molecule has 0 saturated heterocycles. The predicted molar refractivity (Wildman–Crippen MR) is 100 cm³/mol. The van der Waals surface area contributed by atoms with Gasteiger partial charge in [-0.15, -0.1) is 0 Å². The fourth-order valence-electron chi connectivity index (χ4n) is 2.11. The number of carbonyl (C=O) groups excluding carboxylic acids is 1. The van der Waals surface area contributed by atoms with Crippen LogP contribution in [0.25, 0.3) is 0 Å². The molecule has 0 bridgehead atoms. The van der Waals surface area contributed by atoms with Gasteiger partial charge in [-0.1, -0.05) is 11.6 Å². The average molecular weight is 379 g/mol. The van der Waals surface area contributed by atoms with Crippen LogP contribution in [0.15, 0.2) is 24.3 Å². The van der Waals surface area contributed by atoms with Crippen LogP contribution >= 0.6 is 11.6 Å². The van der Waals surface area contributed by atoms with Gasteiger partial charge in [0.25, 0.3) is 11.6 Å². The number of anilines is 2. The Morgan fingerprint density at radius 1 is 1.27 bits per heavy atom. The second kappa shape index (κ2) is 8.43. The number of amides is 1. The molecule has 138 valence electrons. The number of hydrogen-bond acceptors (Lipinski definition) is 7. The number of hydrogen-bond donors (Lipinski definition) is 2. The van der Waals surface area contributed by atoms with Crippen LogP contribution in [0.5, 0.6) is 0 Å². The summed E-state index contributed by atoms with van der Waals surface area (Å²) in [5.74, 6) is 0.837. The summed E-state index contributed by atoms with van der Waals surface area (Å²) in [6.45, 7) is 2.59. The maximum absolute atomic E-state index is 12.1. The molecule has 1 heterocycles. The van der Waals surface area contributed by atoms with Crippen molar-refractivity contribution in [1.29, 1.82) is 0 Å². The lowest BCUT2D eigenvalue weighted by Crippen LogP contribution is -2.29. The molecule has 1 aromatic heterocycles. The Kier molecular flexibility index (Phi) is 6.29. The number of nitrogens with zero attached hydrogens (tertiary/aromatic N) is 4. The topological polar surface area (TPSA) is 113 Å². The van der Waals surface area contributed by atoms with Crippen LogP contribution < -0.4 is 15.5 Å². The number of rotatable bonds is 7. The lowest BCUT2D eigenvalue weighted by molar-refractivity contribution is -0.384. The van der Waals surface area contributed by atoms with Crippen LogP contribution in [0.2, 0.25) is 5.02 Å². The number of non-ortho nitro benzene ring substituents is 1. The molecule has 1 amide bonds. The van der Waals surface area contributed by atoms with Gasteiger partial charge in [-0.3, -0.25) is 14.9 Å². The Morgan fingerprint density at radius 3 is 2.62 bits per heavy atom. The summed E-state index contributed by atoms with van der Waals surface area (Å²) >= 11 is 5.94. The molecule has 2 N–H and O–H groups in total. The molecule has 0 aliphatic carbocycles. The molecule has 2 aromatic rings. The summed E-state index contributed by atoms with van der Waals surface area (Å²) < 4.78 is 0. The number of aryl methyl sites for hydroxylation is 1. The van der Waals surface area contributed by atoms with Crippen molar-refractivity contribution in [2.24, 2.45) is 0 Å². The van der Waals surface area contributed by atoms with E-state index in [1.165, 1.54) is 12.1 Å². The first-order valence-corrected chi connectivity index (χ1v) is 8.14. The van der Waals surface area contributed by atoms with Gasteiger partial charge in [0.15, 0.2) is 0 Å². The largest absolute Gasteiger partial charge is 0.363 e. The number of aromatic nitrogens is 2. The summed E-state index contributed by atoms with van der Waals surface area (Å²) in [5, 5.41) is 16.5. The molecule has 10 heteroatoms. The molecule has 0 fully saturated rings. The van der Waals surface area contributed by atoms with E-state index in [0.717, 1.165) is 17.6 Å². The SMILES string of the molecule is Cc1cc(N(C)C)nc(NCCNC(=O)c2ccc([N+](=O)[O-])cc2Cl)n1. The van der Waals surface area contributed by atoms with Gasteiger partial charge in [0.05, 0.1) is 15.5 Å². The molecule has 0 aliphatic rings. The zero-order valence-electron chi connectivity index (χ0n) is 14.6. The fourth-order valence-corrected chi connectivity index (χ4v) is 2.37. The van der Waals surface area contributed by atoms with Crippen molar-refractivity contribution < 1.29 is 9.72 Å². The van der Waals surface area contributed by atoms with E-state index in [9.17, 15) is 14.9 Å². The van der Waals surface area contributed by atoms with E-state index < -0.39 is 10.8 Å². The van der Waals surface area contributed by atoms with Gasteiger partial charge in [0, 0.05) is 51.1 Å². The first-order chi connectivity index (χ1) is 12.3. The molecule has 1 aromatic carbocycles. The number of nitro groups is 1. The number of halogens is 1. The van der Waals surface area contributed by atoms with Gasteiger partial charge in [0.1, 0.15) is 5.82 Å². The van der Waals surface area contributed by atoms with Crippen molar-refractivity contribution in [1.82, 2.24) is 15.3 Å². The first kappa shape index (κ1) is 19.4. The van der Waals surface area contributed by atoms with Crippen molar-refractivity contribution in [3.63, 3.8) is 0 Å². The van der Waals surface area contributed by atoms with Crippen molar-refractivity contribution >= 4 is 35.0 Å². The molecule has 26 heavy (non-hydrogen) atoms. The highest BCUT2D eigenvalue weighted by Gasteiger charge is 2.14. The summed E-state index contributed by atoms with van der Waals surface area (Å²) in [6, 6.07) is 5.58. The van der Waals surface area contributed by atoms with Gasteiger partial charge in [-0.25, -0.2) is 4.98 Å². The van der Waals surface area contributed by atoms with E-state index in [0.29, 0.717) is 19.0 Å². The molecule has 0 saturated carbocycles. The minimum atomic E-state index is -0.568. The van der Waals surface area contributed by atoms with E-state index >= 15 is 0 Å². The molecule has 0 unspecified atom stereocenters. The molecular weight excluding hydrogens is 360 g/mol. The highest BCUT2D eigenvalue weighted by atomic mass is 35.5. The van der Waals surface area contributed by atoms with E-state index in [2.05, 4.69) is 20.6 Å². The van der Waals surface area contributed by atoms with Crippen LogP contribution in [-0.4, -0.2) is 48.0 Å². The van der Waals surface area contributed by atoms with E-state index in [1.807, 2.05) is 32.0 Å². The number of benzene rings is 1. The van der Waals surface area contributed by atoms with Crippen LogP contribution in [0.1, 0.15) is 16.1 Å². The first-order valence-electron chi connectivity index (χ1n) is 7.77. The van der Waals surface area contributed by atoms with Crippen LogP contribution in [-0.2, 0) is 0 Å². The van der Waals surface area contributed by atoms with Gasteiger partial charge in [-0.2, -0.15) is 4.98 Å². The Labute approximate surface area is 155 Å². The minimum Gasteiger partial charge on any atom is -0.363 e. The van der Waals surface area contributed by atoms with Gasteiger partial charge < -0.3 is 15.5 Å². The average Bonchev–Trinajstić information content (AvgIpc) is 2.57. The Bertz CT molecular complexity index is 828. The Balaban J connectivity index is 1.90. The van der Waals surface area contributed by atoms with Crippen LogP contribution in [0.3, 0.4) is 0 Å². The monoisotopic (exact) mass is 378 g/mol. The van der Waals surface area contributed by atoms with Gasteiger partial charge in [0.2, 0.25) is 5.95 Å². The van der Waals surface area contributed by atoms with Gasteiger partial charge >= 0.3 is 0 Å². The number of nitrogens with one attached hydrogen (secondary N) is 2. The van der Waals surface area contributed by atoms with Crippen molar-refractivity contribution in [2.45, 2.75) is 6.92 Å². The smallest absolute Gasteiger partial charge is 0.270 e.